The summed E-state index contributed by atoms with van der Waals surface area (Å²) in [5, 5.41) is 4.61. The number of halogens is 1. The molecule has 1 heterocycles. The Bertz CT molecular complexity index is 987. The molecule has 0 radical (unpaired) electrons. The molecule has 144 valence electrons. The van der Waals surface area contributed by atoms with Gasteiger partial charge in [-0.1, -0.05) is 65.7 Å². The molecule has 0 aliphatic heterocycles. The minimum Gasteiger partial charge on any atom is -0.459 e. The van der Waals surface area contributed by atoms with E-state index in [4.69, 9.17) is 16.3 Å². The lowest BCUT2D eigenvalue weighted by atomic mass is 10.1. The molecule has 3 aromatic rings. The number of aromatic nitrogens is 1. The van der Waals surface area contributed by atoms with Gasteiger partial charge in [-0.3, -0.25) is 4.79 Å². The van der Waals surface area contributed by atoms with Gasteiger partial charge in [0.2, 0.25) is 5.91 Å². The van der Waals surface area contributed by atoms with E-state index in [0.29, 0.717) is 12.8 Å². The second-order valence-corrected chi connectivity index (χ2v) is 6.85. The highest BCUT2D eigenvalue weighted by Gasteiger charge is 2.12. The SMILES string of the molecule is Cc1ccc(CCC(=O)NCCOC(=O)c2cc3ccccc3c(Cl)n2)cc1. The van der Waals surface area contributed by atoms with Gasteiger partial charge in [0.15, 0.2) is 5.69 Å². The Kier molecular flexibility index (Phi) is 6.61. The standard InChI is InChI=1S/C22H21ClN2O3/c1-15-6-8-16(9-7-15)10-11-20(26)24-12-13-28-22(27)19-14-17-4-2-3-5-18(17)21(23)25-19/h2-9,14H,10-13H2,1H3,(H,24,26). The van der Waals surface area contributed by atoms with E-state index in [0.717, 1.165) is 16.3 Å². The fraction of sp³-hybridized carbons (Fsp3) is 0.227. The number of hydrogen-bond donors (Lipinski definition) is 1. The van der Waals surface area contributed by atoms with Crippen LogP contribution in [-0.4, -0.2) is 30.0 Å². The number of carbonyl (C=O) groups excluding carboxylic acids is 2. The van der Waals surface area contributed by atoms with Gasteiger partial charge in [0.1, 0.15) is 11.8 Å². The quantitative estimate of drug-likeness (QED) is 0.371. The molecule has 2 aromatic carbocycles. The monoisotopic (exact) mass is 396 g/mol. The number of amides is 1. The van der Waals surface area contributed by atoms with Crippen LogP contribution in [0.25, 0.3) is 10.8 Å². The van der Waals surface area contributed by atoms with Crippen LogP contribution in [0.2, 0.25) is 5.15 Å². The average Bonchev–Trinajstić information content (AvgIpc) is 2.70. The molecule has 3 rings (SSSR count). The summed E-state index contributed by atoms with van der Waals surface area (Å²) in [6.45, 7) is 2.35. The third-order valence-corrected chi connectivity index (χ3v) is 4.61. The first-order valence-electron chi connectivity index (χ1n) is 9.07. The van der Waals surface area contributed by atoms with Crippen LogP contribution in [-0.2, 0) is 16.0 Å². The Hall–Kier alpha value is -2.92. The number of pyridine rings is 1. The molecule has 0 aliphatic carbocycles. The van der Waals surface area contributed by atoms with Crippen molar-refractivity contribution in [2.75, 3.05) is 13.2 Å². The summed E-state index contributed by atoms with van der Waals surface area (Å²) in [5.41, 5.74) is 2.46. The number of fused-ring (bicyclic) bond motifs is 1. The van der Waals surface area contributed by atoms with Crippen molar-refractivity contribution in [3.63, 3.8) is 0 Å². The van der Waals surface area contributed by atoms with Crippen LogP contribution >= 0.6 is 11.6 Å². The number of nitrogens with zero attached hydrogens (tertiary/aromatic N) is 1. The van der Waals surface area contributed by atoms with Crippen molar-refractivity contribution in [1.82, 2.24) is 10.3 Å². The molecule has 0 aliphatic rings. The van der Waals surface area contributed by atoms with Crippen LogP contribution in [0.4, 0.5) is 0 Å². The van der Waals surface area contributed by atoms with Crippen molar-refractivity contribution < 1.29 is 14.3 Å². The number of carbonyl (C=O) groups is 2. The second-order valence-electron chi connectivity index (χ2n) is 6.49. The van der Waals surface area contributed by atoms with E-state index in [1.54, 1.807) is 6.07 Å². The van der Waals surface area contributed by atoms with Gasteiger partial charge < -0.3 is 10.1 Å². The zero-order chi connectivity index (χ0) is 19.9. The molecule has 0 atom stereocenters. The van der Waals surface area contributed by atoms with E-state index in [-0.39, 0.29) is 29.9 Å². The van der Waals surface area contributed by atoms with Crippen molar-refractivity contribution in [2.24, 2.45) is 0 Å². The first kappa shape index (κ1) is 19.8. The lowest BCUT2D eigenvalue weighted by Gasteiger charge is -2.08. The summed E-state index contributed by atoms with van der Waals surface area (Å²) in [4.78, 5) is 28.2. The van der Waals surface area contributed by atoms with E-state index in [1.807, 2.05) is 55.5 Å². The molecule has 0 saturated heterocycles. The highest BCUT2D eigenvalue weighted by Crippen LogP contribution is 2.22. The van der Waals surface area contributed by atoms with Gasteiger partial charge in [-0.2, -0.15) is 0 Å². The van der Waals surface area contributed by atoms with Gasteiger partial charge in [0.25, 0.3) is 0 Å². The largest absolute Gasteiger partial charge is 0.459 e. The van der Waals surface area contributed by atoms with Crippen LogP contribution in [0.5, 0.6) is 0 Å². The van der Waals surface area contributed by atoms with Crippen molar-refractivity contribution in [1.29, 1.82) is 0 Å². The van der Waals surface area contributed by atoms with Crippen molar-refractivity contribution >= 4 is 34.2 Å². The highest BCUT2D eigenvalue weighted by atomic mass is 35.5. The fourth-order valence-corrected chi connectivity index (χ4v) is 3.03. The maximum atomic E-state index is 12.2. The summed E-state index contributed by atoms with van der Waals surface area (Å²) < 4.78 is 5.18. The van der Waals surface area contributed by atoms with Gasteiger partial charge >= 0.3 is 5.97 Å². The van der Waals surface area contributed by atoms with E-state index in [1.165, 1.54) is 5.56 Å². The van der Waals surface area contributed by atoms with Crippen molar-refractivity contribution in [3.05, 3.63) is 76.6 Å². The Morgan fingerprint density at radius 1 is 1.11 bits per heavy atom. The molecule has 0 spiro atoms. The number of aryl methyl sites for hydroxylation is 2. The zero-order valence-electron chi connectivity index (χ0n) is 15.6. The molecule has 0 fully saturated rings. The van der Waals surface area contributed by atoms with Gasteiger partial charge in [0.05, 0.1) is 6.54 Å². The predicted octanol–water partition coefficient (Wildman–Crippen LogP) is 4.10. The molecule has 0 unspecified atom stereocenters. The first-order chi connectivity index (χ1) is 13.5. The Morgan fingerprint density at radius 3 is 2.64 bits per heavy atom. The van der Waals surface area contributed by atoms with Gasteiger partial charge in [-0.15, -0.1) is 0 Å². The molecule has 0 bridgehead atoms. The van der Waals surface area contributed by atoms with Gasteiger partial charge in [-0.25, -0.2) is 9.78 Å². The number of rotatable bonds is 7. The minimum absolute atomic E-state index is 0.0707. The fourth-order valence-electron chi connectivity index (χ4n) is 2.77. The van der Waals surface area contributed by atoms with E-state index in [2.05, 4.69) is 10.3 Å². The normalized spacial score (nSPS) is 10.6. The number of hydrogen-bond acceptors (Lipinski definition) is 4. The Labute approximate surface area is 168 Å². The molecule has 1 N–H and O–H groups in total. The second kappa shape index (κ2) is 9.33. The van der Waals surface area contributed by atoms with E-state index < -0.39 is 5.97 Å². The maximum Gasteiger partial charge on any atom is 0.357 e. The first-order valence-corrected chi connectivity index (χ1v) is 9.45. The molecule has 28 heavy (non-hydrogen) atoms. The summed E-state index contributed by atoms with van der Waals surface area (Å²) in [7, 11) is 0. The molecular formula is C22H21ClN2O3. The Balaban J connectivity index is 1.43. The molecule has 1 amide bonds. The molecule has 1 aromatic heterocycles. The van der Waals surface area contributed by atoms with E-state index in [9.17, 15) is 9.59 Å². The van der Waals surface area contributed by atoms with Crippen LogP contribution in [0.3, 0.4) is 0 Å². The third-order valence-electron chi connectivity index (χ3n) is 4.32. The highest BCUT2D eigenvalue weighted by molar-refractivity contribution is 6.34. The lowest BCUT2D eigenvalue weighted by Crippen LogP contribution is -2.28. The van der Waals surface area contributed by atoms with Crippen LogP contribution in [0.1, 0.15) is 28.0 Å². The van der Waals surface area contributed by atoms with Crippen LogP contribution in [0.15, 0.2) is 54.6 Å². The number of nitrogens with one attached hydrogen (secondary N) is 1. The topological polar surface area (TPSA) is 68.3 Å². The Morgan fingerprint density at radius 2 is 1.86 bits per heavy atom. The lowest BCUT2D eigenvalue weighted by molar-refractivity contribution is -0.121. The summed E-state index contributed by atoms with van der Waals surface area (Å²) in [6, 6.07) is 17.1. The number of esters is 1. The molecule has 6 heteroatoms. The minimum atomic E-state index is -0.568. The molecule has 0 saturated carbocycles. The smallest absolute Gasteiger partial charge is 0.357 e. The van der Waals surface area contributed by atoms with Gasteiger partial charge in [0, 0.05) is 11.8 Å². The summed E-state index contributed by atoms with van der Waals surface area (Å²) >= 11 is 6.13. The predicted molar refractivity (Wildman–Crippen MR) is 110 cm³/mol. The third kappa shape index (κ3) is 5.30. The summed E-state index contributed by atoms with van der Waals surface area (Å²) in [6.07, 6.45) is 1.06. The molecule has 5 nitrogen and oxygen atoms in total. The van der Waals surface area contributed by atoms with Crippen molar-refractivity contribution in [2.45, 2.75) is 19.8 Å². The number of ether oxygens (including phenoxy) is 1. The van der Waals surface area contributed by atoms with Crippen molar-refractivity contribution in [3.8, 4) is 0 Å². The van der Waals surface area contributed by atoms with Gasteiger partial charge in [-0.05, 0) is 30.4 Å². The number of benzene rings is 2. The van der Waals surface area contributed by atoms with Crippen LogP contribution < -0.4 is 5.32 Å². The van der Waals surface area contributed by atoms with Crippen LogP contribution in [0, 0.1) is 6.92 Å². The zero-order valence-corrected chi connectivity index (χ0v) is 16.3. The molecular weight excluding hydrogens is 376 g/mol. The van der Waals surface area contributed by atoms with E-state index >= 15 is 0 Å². The average molecular weight is 397 g/mol. The summed E-state index contributed by atoms with van der Waals surface area (Å²) in [5.74, 6) is -0.648. The maximum absolute atomic E-state index is 12.2.